The fourth-order valence-corrected chi connectivity index (χ4v) is 6.01. The van der Waals surface area contributed by atoms with Crippen molar-refractivity contribution in [1.29, 1.82) is 0 Å². The van der Waals surface area contributed by atoms with Crippen LogP contribution in [0.1, 0.15) is 30.4 Å². The quantitative estimate of drug-likeness (QED) is 0.378. The van der Waals surface area contributed by atoms with Crippen molar-refractivity contribution < 1.29 is 14.6 Å². The van der Waals surface area contributed by atoms with E-state index in [9.17, 15) is 9.90 Å². The minimum absolute atomic E-state index is 0.237. The topological polar surface area (TPSA) is 62.7 Å². The van der Waals surface area contributed by atoms with Crippen LogP contribution in [0.15, 0.2) is 59.6 Å². The van der Waals surface area contributed by atoms with Crippen molar-refractivity contribution in [1.82, 2.24) is 9.88 Å². The van der Waals surface area contributed by atoms with Crippen LogP contribution in [0, 0.1) is 18.8 Å². The molecule has 0 amide bonds. The number of aryl methyl sites for hydroxylation is 2. The maximum absolute atomic E-state index is 12.1. The molecule has 0 aliphatic carbocycles. The van der Waals surface area contributed by atoms with Crippen LogP contribution in [0.4, 0.5) is 0 Å². The van der Waals surface area contributed by atoms with Crippen LogP contribution in [0.2, 0.25) is 0 Å². The van der Waals surface area contributed by atoms with Crippen LogP contribution in [-0.2, 0) is 11.2 Å². The highest BCUT2D eigenvalue weighted by Gasteiger charge is 2.33. The number of benzene rings is 2. The molecular weight excluding hydrogens is 444 g/mol. The predicted molar refractivity (Wildman–Crippen MR) is 139 cm³/mol. The first-order valence-electron chi connectivity index (χ1n) is 12.1. The standard InChI is InChI=1S/C28H34N2O3S/c1-20-5-3-8-24(17-20)34-16-15-30-14-12-22(26(19-30)28(31)32)7-4-6-21-11-13-29-27-10-9-23(33-2)18-25(21)27/h3,5,8-11,13,17-18,22,26H,4,6-7,12,14-16,19H2,1-2H3,(H,31,32)/t22-,26+/m1/s1. The monoisotopic (exact) mass is 478 g/mol. The Hall–Kier alpha value is -2.57. The van der Waals surface area contributed by atoms with Crippen molar-refractivity contribution in [3.05, 3.63) is 65.9 Å². The second kappa shape index (κ2) is 11.7. The van der Waals surface area contributed by atoms with E-state index in [4.69, 9.17) is 4.74 Å². The van der Waals surface area contributed by atoms with E-state index in [1.807, 2.05) is 36.2 Å². The Morgan fingerprint density at radius 1 is 1.24 bits per heavy atom. The van der Waals surface area contributed by atoms with Crippen molar-refractivity contribution in [2.75, 3.05) is 32.5 Å². The van der Waals surface area contributed by atoms with E-state index in [1.54, 1.807) is 7.11 Å². The lowest BCUT2D eigenvalue weighted by Gasteiger charge is -2.36. The third-order valence-corrected chi connectivity index (χ3v) is 7.86. The molecule has 0 radical (unpaired) electrons. The Morgan fingerprint density at radius 2 is 2.12 bits per heavy atom. The van der Waals surface area contributed by atoms with Crippen LogP contribution in [0.3, 0.4) is 0 Å². The van der Waals surface area contributed by atoms with Crippen LogP contribution in [0.25, 0.3) is 10.9 Å². The molecule has 1 N–H and O–H groups in total. The summed E-state index contributed by atoms with van der Waals surface area (Å²) in [6, 6.07) is 16.6. The summed E-state index contributed by atoms with van der Waals surface area (Å²) in [6.07, 6.45) is 5.66. The molecule has 34 heavy (non-hydrogen) atoms. The molecule has 6 heteroatoms. The van der Waals surface area contributed by atoms with E-state index < -0.39 is 5.97 Å². The van der Waals surface area contributed by atoms with E-state index in [2.05, 4.69) is 47.1 Å². The Balaban J connectivity index is 1.29. The summed E-state index contributed by atoms with van der Waals surface area (Å²) in [5.41, 5.74) is 3.50. The lowest BCUT2D eigenvalue weighted by Crippen LogP contribution is -2.44. The Bertz CT molecular complexity index is 1120. The highest BCUT2D eigenvalue weighted by Crippen LogP contribution is 2.30. The van der Waals surface area contributed by atoms with Gasteiger partial charge in [0.05, 0.1) is 18.5 Å². The molecule has 1 aliphatic heterocycles. The van der Waals surface area contributed by atoms with Gasteiger partial charge in [-0.25, -0.2) is 0 Å². The number of methoxy groups -OCH3 is 1. The lowest BCUT2D eigenvalue weighted by atomic mass is 9.81. The molecule has 1 aromatic heterocycles. The number of thioether (sulfide) groups is 1. The molecule has 1 fully saturated rings. The molecule has 5 nitrogen and oxygen atoms in total. The molecule has 0 saturated carbocycles. The van der Waals surface area contributed by atoms with Crippen molar-refractivity contribution in [3.63, 3.8) is 0 Å². The van der Waals surface area contributed by atoms with Gasteiger partial charge < -0.3 is 14.7 Å². The zero-order valence-corrected chi connectivity index (χ0v) is 20.9. The normalized spacial score (nSPS) is 18.8. The van der Waals surface area contributed by atoms with Gasteiger partial charge in [0.15, 0.2) is 0 Å². The predicted octanol–water partition coefficient (Wildman–Crippen LogP) is 5.69. The van der Waals surface area contributed by atoms with Crippen molar-refractivity contribution in [2.24, 2.45) is 11.8 Å². The van der Waals surface area contributed by atoms with Crippen LogP contribution in [0.5, 0.6) is 5.75 Å². The van der Waals surface area contributed by atoms with Gasteiger partial charge in [-0.1, -0.05) is 17.7 Å². The number of pyridine rings is 1. The molecule has 1 aliphatic rings. The Kier molecular flexibility index (Phi) is 8.46. The number of fused-ring (bicyclic) bond motifs is 1. The summed E-state index contributed by atoms with van der Waals surface area (Å²) in [7, 11) is 1.68. The largest absolute Gasteiger partial charge is 0.497 e. The number of carbonyl (C=O) groups is 1. The van der Waals surface area contributed by atoms with Gasteiger partial charge in [0.1, 0.15) is 5.75 Å². The van der Waals surface area contributed by atoms with Gasteiger partial charge in [-0.05, 0) is 87.0 Å². The number of hydrogen-bond acceptors (Lipinski definition) is 5. The first-order valence-corrected chi connectivity index (χ1v) is 13.1. The molecule has 3 aromatic rings. The number of ether oxygens (including phenoxy) is 1. The molecule has 4 rings (SSSR count). The molecule has 1 saturated heterocycles. The van der Waals surface area contributed by atoms with Gasteiger partial charge in [-0.2, -0.15) is 0 Å². The SMILES string of the molecule is COc1ccc2nccc(CCC[C@@H]3CCN(CCSc4cccc(C)c4)C[C@@H]3C(=O)O)c2c1. The van der Waals surface area contributed by atoms with Crippen LogP contribution >= 0.6 is 11.8 Å². The number of aliphatic carboxylic acids is 1. The molecular formula is C28H34N2O3S. The van der Waals surface area contributed by atoms with Gasteiger partial charge >= 0.3 is 5.97 Å². The highest BCUT2D eigenvalue weighted by molar-refractivity contribution is 7.99. The Morgan fingerprint density at radius 3 is 2.91 bits per heavy atom. The summed E-state index contributed by atoms with van der Waals surface area (Å²) in [4.78, 5) is 20.2. The minimum Gasteiger partial charge on any atom is -0.497 e. The zero-order valence-electron chi connectivity index (χ0n) is 20.1. The fraction of sp³-hybridized carbons (Fsp3) is 0.429. The number of rotatable bonds is 10. The highest BCUT2D eigenvalue weighted by atomic mass is 32.2. The molecule has 0 spiro atoms. The van der Waals surface area contributed by atoms with E-state index in [0.717, 1.165) is 61.2 Å². The van der Waals surface area contributed by atoms with E-state index in [0.29, 0.717) is 6.54 Å². The van der Waals surface area contributed by atoms with Crippen molar-refractivity contribution in [2.45, 2.75) is 37.5 Å². The summed E-state index contributed by atoms with van der Waals surface area (Å²) >= 11 is 1.85. The maximum Gasteiger partial charge on any atom is 0.308 e. The number of hydrogen-bond donors (Lipinski definition) is 1. The second-order valence-electron chi connectivity index (χ2n) is 9.20. The van der Waals surface area contributed by atoms with Gasteiger partial charge in [-0.3, -0.25) is 9.78 Å². The molecule has 2 aromatic carbocycles. The van der Waals surface area contributed by atoms with Crippen LogP contribution < -0.4 is 4.74 Å². The molecule has 0 bridgehead atoms. The average molecular weight is 479 g/mol. The first kappa shape index (κ1) is 24.6. The maximum atomic E-state index is 12.1. The van der Waals surface area contributed by atoms with Crippen molar-refractivity contribution >= 4 is 28.6 Å². The molecule has 2 atom stereocenters. The summed E-state index contributed by atoms with van der Waals surface area (Å²) in [5.74, 6) is 1.12. The third-order valence-electron chi connectivity index (χ3n) is 6.88. The smallest absolute Gasteiger partial charge is 0.308 e. The van der Waals surface area contributed by atoms with Crippen LogP contribution in [-0.4, -0.2) is 53.5 Å². The fourth-order valence-electron chi connectivity index (χ4n) is 4.98. The number of carboxylic acids is 1. The minimum atomic E-state index is -0.653. The van der Waals surface area contributed by atoms with Gasteiger partial charge in [0, 0.05) is 35.3 Å². The van der Waals surface area contributed by atoms with Gasteiger partial charge in [0.2, 0.25) is 0 Å². The van der Waals surface area contributed by atoms with E-state index in [1.165, 1.54) is 16.0 Å². The number of aromatic nitrogens is 1. The third kappa shape index (κ3) is 6.30. The van der Waals surface area contributed by atoms with Gasteiger partial charge in [0.25, 0.3) is 0 Å². The molecule has 0 unspecified atom stereocenters. The summed E-state index contributed by atoms with van der Waals surface area (Å²) < 4.78 is 5.39. The second-order valence-corrected chi connectivity index (χ2v) is 10.4. The Labute approximate surface area is 206 Å². The van der Waals surface area contributed by atoms with Gasteiger partial charge in [-0.15, -0.1) is 11.8 Å². The number of likely N-dealkylation sites (tertiary alicyclic amines) is 1. The number of nitrogens with zero attached hydrogens (tertiary/aromatic N) is 2. The summed E-state index contributed by atoms with van der Waals surface area (Å²) in [6.45, 7) is 4.68. The average Bonchev–Trinajstić information content (AvgIpc) is 2.84. The first-order chi connectivity index (χ1) is 16.5. The summed E-state index contributed by atoms with van der Waals surface area (Å²) in [5, 5.41) is 11.0. The number of carboxylic acid groups (broad SMARTS) is 1. The van der Waals surface area contributed by atoms with Crippen molar-refractivity contribution in [3.8, 4) is 5.75 Å². The van der Waals surface area contributed by atoms with E-state index in [-0.39, 0.29) is 11.8 Å². The van der Waals surface area contributed by atoms with E-state index >= 15 is 0 Å². The number of piperidine rings is 1. The zero-order chi connectivity index (χ0) is 23.9. The molecule has 180 valence electrons. The molecule has 2 heterocycles. The lowest BCUT2D eigenvalue weighted by molar-refractivity contribution is -0.146.